The molecule has 1 atom stereocenters. The minimum Gasteiger partial charge on any atom is -0.341 e. The van der Waals surface area contributed by atoms with Crippen molar-refractivity contribution in [3.8, 4) is 11.1 Å². The van der Waals surface area contributed by atoms with Gasteiger partial charge in [0.05, 0.1) is 5.92 Å². The Morgan fingerprint density at radius 3 is 2.16 bits per heavy atom. The summed E-state index contributed by atoms with van der Waals surface area (Å²) in [5.74, 6) is 0.264. The number of amides is 1. The standard InChI is InChI=1S/C26H30N4O/c1-2-15-30-17-16-29(19-22-7-11-27-12-8-22)20-25(26(30)31)18-21-3-5-23(6-4-21)24-9-13-28-14-10-24/h3-14,25H,2,15-20H2,1H3. The van der Waals surface area contributed by atoms with E-state index >= 15 is 0 Å². The molecule has 3 aromatic rings. The fourth-order valence-corrected chi connectivity index (χ4v) is 4.31. The smallest absolute Gasteiger partial charge is 0.227 e. The lowest BCUT2D eigenvalue weighted by Gasteiger charge is -2.24. The van der Waals surface area contributed by atoms with Gasteiger partial charge in [-0.25, -0.2) is 0 Å². The molecule has 1 saturated heterocycles. The molecule has 31 heavy (non-hydrogen) atoms. The van der Waals surface area contributed by atoms with Gasteiger partial charge in [0, 0.05) is 57.5 Å². The normalized spacial score (nSPS) is 17.5. The van der Waals surface area contributed by atoms with Crippen LogP contribution in [0.25, 0.3) is 11.1 Å². The summed E-state index contributed by atoms with van der Waals surface area (Å²) >= 11 is 0. The molecule has 0 radical (unpaired) electrons. The Morgan fingerprint density at radius 1 is 0.839 bits per heavy atom. The topological polar surface area (TPSA) is 49.3 Å². The number of hydrogen-bond donors (Lipinski definition) is 0. The minimum atomic E-state index is -0.0253. The molecule has 1 aliphatic heterocycles. The molecule has 0 aliphatic carbocycles. The van der Waals surface area contributed by atoms with E-state index in [1.165, 1.54) is 16.7 Å². The minimum absolute atomic E-state index is 0.0253. The Hall–Kier alpha value is -3.05. The third-order valence-corrected chi connectivity index (χ3v) is 5.92. The maximum absolute atomic E-state index is 13.3. The van der Waals surface area contributed by atoms with Crippen LogP contribution in [0.15, 0.2) is 73.3 Å². The van der Waals surface area contributed by atoms with Crippen LogP contribution in [-0.4, -0.2) is 51.9 Å². The van der Waals surface area contributed by atoms with Crippen LogP contribution in [0.5, 0.6) is 0 Å². The number of hydrogen-bond acceptors (Lipinski definition) is 4. The number of aromatic nitrogens is 2. The Kier molecular flexibility index (Phi) is 7.05. The molecule has 1 unspecified atom stereocenters. The van der Waals surface area contributed by atoms with Crippen molar-refractivity contribution in [1.82, 2.24) is 19.8 Å². The van der Waals surface area contributed by atoms with Gasteiger partial charge in [-0.15, -0.1) is 0 Å². The van der Waals surface area contributed by atoms with Crippen molar-refractivity contribution in [2.24, 2.45) is 5.92 Å². The lowest BCUT2D eigenvalue weighted by atomic mass is 9.95. The molecule has 1 fully saturated rings. The van der Waals surface area contributed by atoms with Crippen LogP contribution < -0.4 is 0 Å². The number of carbonyl (C=O) groups is 1. The highest BCUT2D eigenvalue weighted by atomic mass is 16.2. The van der Waals surface area contributed by atoms with E-state index in [0.717, 1.165) is 51.1 Å². The maximum Gasteiger partial charge on any atom is 0.227 e. The van der Waals surface area contributed by atoms with E-state index in [0.29, 0.717) is 0 Å². The molecule has 0 N–H and O–H groups in total. The largest absolute Gasteiger partial charge is 0.341 e. The third-order valence-electron chi connectivity index (χ3n) is 5.92. The van der Waals surface area contributed by atoms with Crippen LogP contribution in [0, 0.1) is 5.92 Å². The van der Waals surface area contributed by atoms with Crippen molar-refractivity contribution in [2.75, 3.05) is 26.2 Å². The molecule has 0 spiro atoms. The second kappa shape index (κ2) is 10.3. The fraction of sp³-hybridized carbons (Fsp3) is 0.346. The Morgan fingerprint density at radius 2 is 1.48 bits per heavy atom. The molecule has 1 aliphatic rings. The molecule has 5 heteroatoms. The van der Waals surface area contributed by atoms with Gasteiger partial charge in [0.2, 0.25) is 5.91 Å². The first-order chi connectivity index (χ1) is 15.2. The number of nitrogens with zero attached hydrogens (tertiary/aromatic N) is 4. The number of benzene rings is 1. The quantitative estimate of drug-likeness (QED) is 0.585. The van der Waals surface area contributed by atoms with Crippen LogP contribution in [0.4, 0.5) is 0 Å². The van der Waals surface area contributed by atoms with Gasteiger partial charge in [-0.3, -0.25) is 19.7 Å². The zero-order chi connectivity index (χ0) is 21.5. The van der Waals surface area contributed by atoms with Crippen molar-refractivity contribution in [3.63, 3.8) is 0 Å². The average Bonchev–Trinajstić information content (AvgIpc) is 2.95. The van der Waals surface area contributed by atoms with Crippen LogP contribution in [0.1, 0.15) is 24.5 Å². The molecule has 0 bridgehead atoms. The Bertz CT molecular complexity index is 960. The summed E-state index contributed by atoms with van der Waals surface area (Å²) in [6.45, 7) is 6.32. The van der Waals surface area contributed by atoms with Crippen molar-refractivity contribution < 1.29 is 4.79 Å². The average molecular weight is 415 g/mol. The first-order valence-electron chi connectivity index (χ1n) is 11.1. The first-order valence-corrected chi connectivity index (χ1v) is 11.1. The van der Waals surface area contributed by atoms with Crippen molar-refractivity contribution >= 4 is 5.91 Å². The predicted molar refractivity (Wildman–Crippen MR) is 123 cm³/mol. The molecule has 2 aromatic heterocycles. The molecule has 160 valence electrons. The number of pyridine rings is 2. The third kappa shape index (κ3) is 5.56. The van der Waals surface area contributed by atoms with Crippen molar-refractivity contribution in [3.05, 3.63) is 84.4 Å². The van der Waals surface area contributed by atoms with Crippen LogP contribution >= 0.6 is 0 Å². The number of rotatable bonds is 7. The van der Waals surface area contributed by atoms with E-state index in [-0.39, 0.29) is 11.8 Å². The zero-order valence-corrected chi connectivity index (χ0v) is 18.2. The van der Waals surface area contributed by atoms with E-state index in [1.807, 2.05) is 36.9 Å². The molecular formula is C26H30N4O. The molecule has 0 saturated carbocycles. The monoisotopic (exact) mass is 414 g/mol. The van der Waals surface area contributed by atoms with Crippen molar-refractivity contribution in [2.45, 2.75) is 26.3 Å². The molecule has 1 amide bonds. The van der Waals surface area contributed by atoms with Crippen LogP contribution in [0.3, 0.4) is 0 Å². The zero-order valence-electron chi connectivity index (χ0n) is 18.2. The highest BCUT2D eigenvalue weighted by molar-refractivity contribution is 5.79. The van der Waals surface area contributed by atoms with Crippen LogP contribution in [0.2, 0.25) is 0 Å². The summed E-state index contributed by atoms with van der Waals surface area (Å²) < 4.78 is 0. The van der Waals surface area contributed by atoms with Gasteiger partial charge in [-0.05, 0) is 59.4 Å². The van der Waals surface area contributed by atoms with E-state index in [4.69, 9.17) is 0 Å². The molecule has 1 aromatic carbocycles. The molecule has 3 heterocycles. The molecular weight excluding hydrogens is 384 g/mol. The summed E-state index contributed by atoms with van der Waals surface area (Å²) in [7, 11) is 0. The van der Waals surface area contributed by atoms with E-state index in [9.17, 15) is 4.79 Å². The lowest BCUT2D eigenvalue weighted by molar-refractivity contribution is -0.134. The summed E-state index contributed by atoms with van der Waals surface area (Å²) in [6, 6.07) is 16.8. The summed E-state index contributed by atoms with van der Waals surface area (Å²) in [6.07, 6.45) is 9.05. The Labute approximate surface area is 184 Å². The van der Waals surface area contributed by atoms with E-state index in [1.54, 1.807) is 0 Å². The van der Waals surface area contributed by atoms with E-state index < -0.39 is 0 Å². The van der Waals surface area contributed by atoms with Crippen LogP contribution in [-0.2, 0) is 17.8 Å². The fourth-order valence-electron chi connectivity index (χ4n) is 4.31. The summed E-state index contributed by atoms with van der Waals surface area (Å²) in [5.41, 5.74) is 4.78. The summed E-state index contributed by atoms with van der Waals surface area (Å²) in [5, 5.41) is 0. The predicted octanol–water partition coefficient (Wildman–Crippen LogP) is 4.06. The van der Waals surface area contributed by atoms with Gasteiger partial charge in [-0.1, -0.05) is 31.2 Å². The highest BCUT2D eigenvalue weighted by Gasteiger charge is 2.30. The van der Waals surface area contributed by atoms with Crippen molar-refractivity contribution in [1.29, 1.82) is 0 Å². The molecule has 4 rings (SSSR count). The van der Waals surface area contributed by atoms with Gasteiger partial charge in [0.25, 0.3) is 0 Å². The first kappa shape index (κ1) is 21.2. The summed E-state index contributed by atoms with van der Waals surface area (Å²) in [4.78, 5) is 26.0. The SMILES string of the molecule is CCCN1CCN(Cc2ccncc2)CC(Cc2ccc(-c3ccncc3)cc2)C1=O. The van der Waals surface area contributed by atoms with Gasteiger partial charge in [-0.2, -0.15) is 0 Å². The maximum atomic E-state index is 13.3. The second-order valence-corrected chi connectivity index (χ2v) is 8.25. The van der Waals surface area contributed by atoms with Gasteiger partial charge < -0.3 is 4.90 Å². The van der Waals surface area contributed by atoms with Gasteiger partial charge in [0.15, 0.2) is 0 Å². The Balaban J connectivity index is 1.49. The highest BCUT2D eigenvalue weighted by Crippen LogP contribution is 2.22. The lowest BCUT2D eigenvalue weighted by Crippen LogP contribution is -2.37. The van der Waals surface area contributed by atoms with Gasteiger partial charge in [0.1, 0.15) is 0 Å². The second-order valence-electron chi connectivity index (χ2n) is 8.25. The van der Waals surface area contributed by atoms with E-state index in [2.05, 4.69) is 63.1 Å². The van der Waals surface area contributed by atoms with Gasteiger partial charge >= 0.3 is 0 Å². The molecule has 5 nitrogen and oxygen atoms in total. The number of carbonyl (C=O) groups excluding carboxylic acids is 1.